The number of amides is 1. The molecule has 3 heteroatoms. The first-order valence-electron chi connectivity index (χ1n) is 6.50. The predicted octanol–water partition coefficient (Wildman–Crippen LogP) is 4.41. The van der Waals surface area contributed by atoms with Crippen LogP contribution in [0.15, 0.2) is 34.8 Å². The number of carbonyl (C=O) groups is 1. The van der Waals surface area contributed by atoms with Crippen molar-refractivity contribution in [3.8, 4) is 0 Å². The Morgan fingerprint density at radius 2 is 1.78 bits per heavy atom. The molecule has 0 unspecified atom stereocenters. The number of carbonyl (C=O) groups excluding carboxylic acids is 1. The normalized spacial score (nSPS) is 14.3. The molecule has 0 radical (unpaired) electrons. The van der Waals surface area contributed by atoms with Crippen molar-refractivity contribution in [1.82, 2.24) is 5.32 Å². The minimum Gasteiger partial charge on any atom is -0.333 e. The molecule has 0 saturated heterocycles. The quantitative estimate of drug-likeness (QED) is 0.698. The molecule has 0 aromatic heterocycles. The van der Waals surface area contributed by atoms with E-state index in [4.69, 9.17) is 0 Å². The van der Waals surface area contributed by atoms with Gasteiger partial charge in [0.25, 0.3) is 0 Å². The topological polar surface area (TPSA) is 29.1 Å². The van der Waals surface area contributed by atoms with Gasteiger partial charge in [-0.25, -0.2) is 4.39 Å². The molecule has 0 fully saturated rings. The van der Waals surface area contributed by atoms with Gasteiger partial charge >= 0.3 is 0 Å². The maximum absolute atomic E-state index is 14.3. The summed E-state index contributed by atoms with van der Waals surface area (Å²) in [7, 11) is 0. The standard InChI is InChI=1S/C15H24FNO/c1-6-9-11(4)15(16)14(8-3)13(7-2)10-17-12(5)18/h9-10H,6-8H2,1-5H3,(H,17,18)/b11-9+,13-10+,15-14+. The van der Waals surface area contributed by atoms with Gasteiger partial charge in [0.05, 0.1) is 0 Å². The lowest BCUT2D eigenvalue weighted by Gasteiger charge is -2.11. The summed E-state index contributed by atoms with van der Waals surface area (Å²) < 4.78 is 14.3. The minimum atomic E-state index is -0.169. The fraction of sp³-hybridized carbons (Fsp3) is 0.533. The summed E-state index contributed by atoms with van der Waals surface area (Å²) in [6.45, 7) is 9.08. The van der Waals surface area contributed by atoms with Gasteiger partial charge in [0.15, 0.2) is 0 Å². The van der Waals surface area contributed by atoms with Gasteiger partial charge in [-0.1, -0.05) is 26.8 Å². The molecule has 0 spiro atoms. The third kappa shape index (κ3) is 5.30. The highest BCUT2D eigenvalue weighted by Crippen LogP contribution is 2.26. The van der Waals surface area contributed by atoms with Crippen LogP contribution in [-0.2, 0) is 4.79 Å². The van der Waals surface area contributed by atoms with Crippen molar-refractivity contribution in [1.29, 1.82) is 0 Å². The highest BCUT2D eigenvalue weighted by Gasteiger charge is 2.10. The molecule has 2 nitrogen and oxygen atoms in total. The van der Waals surface area contributed by atoms with E-state index in [0.29, 0.717) is 24.0 Å². The summed E-state index contributed by atoms with van der Waals surface area (Å²) in [4.78, 5) is 10.9. The first-order chi connectivity index (χ1) is 8.47. The number of rotatable bonds is 6. The van der Waals surface area contributed by atoms with E-state index in [1.807, 2.05) is 26.8 Å². The van der Waals surface area contributed by atoms with Gasteiger partial charge in [-0.15, -0.1) is 0 Å². The second kappa shape index (κ2) is 8.67. The number of halogens is 1. The van der Waals surface area contributed by atoms with Crippen LogP contribution in [0, 0.1) is 0 Å². The summed E-state index contributed by atoms with van der Waals surface area (Å²) in [6, 6.07) is 0. The van der Waals surface area contributed by atoms with Crippen molar-refractivity contribution in [2.24, 2.45) is 0 Å². The van der Waals surface area contributed by atoms with Crippen LogP contribution in [0.3, 0.4) is 0 Å². The van der Waals surface area contributed by atoms with Gasteiger partial charge in [-0.2, -0.15) is 0 Å². The fourth-order valence-electron chi connectivity index (χ4n) is 1.75. The Morgan fingerprint density at radius 1 is 1.17 bits per heavy atom. The van der Waals surface area contributed by atoms with Crippen LogP contribution in [0.1, 0.15) is 53.9 Å². The van der Waals surface area contributed by atoms with E-state index in [0.717, 1.165) is 12.0 Å². The first-order valence-corrected chi connectivity index (χ1v) is 6.50. The number of allylic oxidation sites excluding steroid dienone is 5. The molecule has 1 N–H and O–H groups in total. The zero-order valence-corrected chi connectivity index (χ0v) is 12.1. The molecule has 0 aliphatic rings. The molecule has 102 valence electrons. The van der Waals surface area contributed by atoms with E-state index in [1.54, 1.807) is 13.1 Å². The molecule has 18 heavy (non-hydrogen) atoms. The first kappa shape index (κ1) is 16.6. The third-order valence-electron chi connectivity index (χ3n) is 2.69. The largest absolute Gasteiger partial charge is 0.333 e. The van der Waals surface area contributed by atoms with Gasteiger partial charge in [-0.05, 0) is 42.9 Å². The molecule has 0 rings (SSSR count). The summed E-state index contributed by atoms with van der Waals surface area (Å²) in [5.74, 6) is -0.310. The fourth-order valence-corrected chi connectivity index (χ4v) is 1.75. The Kier molecular flexibility index (Phi) is 8.01. The van der Waals surface area contributed by atoms with Crippen LogP contribution in [0.4, 0.5) is 4.39 Å². The Morgan fingerprint density at radius 3 is 2.17 bits per heavy atom. The van der Waals surface area contributed by atoms with E-state index in [9.17, 15) is 9.18 Å². The summed E-state index contributed by atoms with van der Waals surface area (Å²) in [6.07, 6.45) is 5.60. The molecule has 0 atom stereocenters. The second-order valence-corrected chi connectivity index (χ2v) is 4.17. The molecule has 0 aliphatic carbocycles. The lowest BCUT2D eigenvalue weighted by Crippen LogP contribution is -2.13. The van der Waals surface area contributed by atoms with Crippen molar-refractivity contribution < 1.29 is 9.18 Å². The van der Waals surface area contributed by atoms with Gasteiger partial charge in [0.1, 0.15) is 5.83 Å². The molecule has 0 aromatic carbocycles. The zero-order valence-electron chi connectivity index (χ0n) is 12.1. The molecule has 0 heterocycles. The summed E-state index contributed by atoms with van der Waals surface area (Å²) >= 11 is 0. The van der Waals surface area contributed by atoms with Gasteiger partial charge in [0, 0.05) is 13.1 Å². The SMILES string of the molecule is CC/C=C(C)/C(F)=C(CC)\C(=C\NC(C)=O)CC. The van der Waals surface area contributed by atoms with E-state index >= 15 is 0 Å². The molecule has 1 amide bonds. The lowest BCUT2D eigenvalue weighted by atomic mass is 9.98. The highest BCUT2D eigenvalue weighted by molar-refractivity contribution is 5.74. The van der Waals surface area contributed by atoms with Crippen LogP contribution in [-0.4, -0.2) is 5.91 Å². The second-order valence-electron chi connectivity index (χ2n) is 4.17. The van der Waals surface area contributed by atoms with Crippen LogP contribution in [0.25, 0.3) is 0 Å². The van der Waals surface area contributed by atoms with E-state index in [2.05, 4.69) is 5.32 Å². The highest BCUT2D eigenvalue weighted by atomic mass is 19.1. The Labute approximate surface area is 110 Å². The van der Waals surface area contributed by atoms with Crippen molar-refractivity contribution in [3.63, 3.8) is 0 Å². The molecule has 0 aliphatic heterocycles. The number of hydrogen-bond donors (Lipinski definition) is 1. The average molecular weight is 253 g/mol. The van der Waals surface area contributed by atoms with Crippen molar-refractivity contribution >= 4 is 5.91 Å². The van der Waals surface area contributed by atoms with Crippen molar-refractivity contribution in [3.05, 3.63) is 34.8 Å². The smallest absolute Gasteiger partial charge is 0.220 e. The third-order valence-corrected chi connectivity index (χ3v) is 2.69. The van der Waals surface area contributed by atoms with Crippen molar-refractivity contribution in [2.45, 2.75) is 53.9 Å². The molecule has 0 bridgehead atoms. The predicted molar refractivity (Wildman–Crippen MR) is 74.7 cm³/mol. The molecule has 0 saturated carbocycles. The maximum atomic E-state index is 14.3. The molecule has 0 aromatic rings. The van der Waals surface area contributed by atoms with Gasteiger partial charge in [-0.3, -0.25) is 4.79 Å². The van der Waals surface area contributed by atoms with Gasteiger partial charge < -0.3 is 5.32 Å². The maximum Gasteiger partial charge on any atom is 0.220 e. The van der Waals surface area contributed by atoms with Crippen LogP contribution in [0.5, 0.6) is 0 Å². The molecular formula is C15H24FNO. The Balaban J connectivity index is 5.37. The van der Waals surface area contributed by atoms with E-state index in [-0.39, 0.29) is 11.7 Å². The Hall–Kier alpha value is -1.38. The lowest BCUT2D eigenvalue weighted by molar-refractivity contribution is -0.118. The summed E-state index contributed by atoms with van der Waals surface area (Å²) in [5.41, 5.74) is 2.18. The Bertz CT molecular complexity index is 378. The van der Waals surface area contributed by atoms with Crippen LogP contribution < -0.4 is 5.32 Å². The molecular weight excluding hydrogens is 229 g/mol. The van der Waals surface area contributed by atoms with Crippen LogP contribution in [0.2, 0.25) is 0 Å². The number of hydrogen-bond acceptors (Lipinski definition) is 1. The average Bonchev–Trinajstić information content (AvgIpc) is 2.33. The number of nitrogens with one attached hydrogen (secondary N) is 1. The summed E-state index contributed by atoms with van der Waals surface area (Å²) in [5, 5.41) is 2.62. The van der Waals surface area contributed by atoms with Crippen LogP contribution >= 0.6 is 0 Å². The monoisotopic (exact) mass is 253 g/mol. The van der Waals surface area contributed by atoms with Gasteiger partial charge in [0.2, 0.25) is 5.91 Å². The minimum absolute atomic E-state index is 0.141. The zero-order chi connectivity index (χ0) is 14.1. The van der Waals surface area contributed by atoms with E-state index in [1.165, 1.54) is 6.92 Å². The van der Waals surface area contributed by atoms with Crippen molar-refractivity contribution in [2.75, 3.05) is 0 Å². The van der Waals surface area contributed by atoms with E-state index < -0.39 is 0 Å².